The molecule has 0 aromatic rings. The molecule has 1 heterocycles. The Bertz CT molecular complexity index is 211. The smallest absolute Gasteiger partial charge is 0.102 e. The zero-order valence-electron chi connectivity index (χ0n) is 10.8. The van der Waals surface area contributed by atoms with E-state index in [1.54, 1.807) is 0 Å². The lowest BCUT2D eigenvalue weighted by molar-refractivity contribution is -0.0211. The first-order chi connectivity index (χ1) is 7.63. The molecule has 1 saturated heterocycles. The second-order valence-electron chi connectivity index (χ2n) is 6.43. The molecule has 1 aliphatic carbocycles. The largest absolute Gasteiger partial charge is 0.301 e. The summed E-state index contributed by atoms with van der Waals surface area (Å²) in [6.45, 7) is 7.41. The fraction of sp³-hybridized carbons (Fsp3) is 1.00. The molecule has 0 aromatic heterocycles. The molecule has 2 heteroatoms. The van der Waals surface area contributed by atoms with Gasteiger partial charge >= 0.3 is 0 Å². The first-order valence-electron chi connectivity index (χ1n) is 6.92. The number of nitrogens with zero attached hydrogens (tertiary/aromatic N) is 1. The summed E-state index contributed by atoms with van der Waals surface area (Å²) >= 11 is 0. The molecule has 0 radical (unpaired) electrons. The van der Waals surface area contributed by atoms with Gasteiger partial charge in [0.25, 0.3) is 0 Å². The van der Waals surface area contributed by atoms with Gasteiger partial charge in [-0.2, -0.15) is 0 Å². The van der Waals surface area contributed by atoms with Crippen LogP contribution in [0, 0.1) is 17.3 Å². The zero-order valence-corrected chi connectivity index (χ0v) is 10.8. The average molecular weight is 227 g/mol. The van der Waals surface area contributed by atoms with Gasteiger partial charge in [0.05, 0.1) is 0 Å². The summed E-state index contributed by atoms with van der Waals surface area (Å²) in [6, 6.07) is 0. The Hall–Kier alpha value is -0.110. The fourth-order valence-electron chi connectivity index (χ4n) is 3.78. The molecule has 94 valence electrons. The first-order valence-corrected chi connectivity index (χ1v) is 6.92. The van der Waals surface area contributed by atoms with Gasteiger partial charge in [-0.25, -0.2) is 4.39 Å². The maximum Gasteiger partial charge on any atom is 0.102 e. The van der Waals surface area contributed by atoms with E-state index < -0.39 is 0 Å². The number of piperidine rings is 1. The number of rotatable bonds is 4. The molecule has 1 aliphatic heterocycles. The fourth-order valence-corrected chi connectivity index (χ4v) is 3.78. The van der Waals surface area contributed by atoms with Gasteiger partial charge in [-0.05, 0) is 62.4 Å². The lowest BCUT2D eigenvalue weighted by Gasteiger charge is -2.53. The molecular formula is C14H26FN. The average Bonchev–Trinajstić information content (AvgIpc) is 2.18. The first kappa shape index (κ1) is 12.3. The van der Waals surface area contributed by atoms with E-state index in [1.165, 1.54) is 32.1 Å². The number of halogens is 1. The molecule has 0 aromatic carbocycles. The minimum atomic E-state index is -0.178. The highest BCUT2D eigenvalue weighted by Gasteiger charge is 2.45. The molecule has 0 unspecified atom stereocenters. The number of likely N-dealkylation sites (tertiary alicyclic amines) is 1. The van der Waals surface area contributed by atoms with Gasteiger partial charge in [-0.1, -0.05) is 13.8 Å². The van der Waals surface area contributed by atoms with Crippen molar-refractivity contribution in [2.24, 2.45) is 17.3 Å². The van der Waals surface area contributed by atoms with E-state index in [-0.39, 0.29) is 6.67 Å². The van der Waals surface area contributed by atoms with Crippen LogP contribution in [0.25, 0.3) is 0 Å². The van der Waals surface area contributed by atoms with Crippen LogP contribution in [-0.4, -0.2) is 31.2 Å². The molecule has 2 rings (SSSR count). The molecule has 0 N–H and O–H groups in total. The van der Waals surface area contributed by atoms with Crippen LogP contribution in [0.1, 0.15) is 46.0 Å². The lowest BCUT2D eigenvalue weighted by atomic mass is 9.56. The molecule has 1 nitrogen and oxygen atoms in total. The molecule has 1 spiro atoms. The second kappa shape index (κ2) is 5.03. The molecule has 1 saturated carbocycles. The molecule has 0 bridgehead atoms. The van der Waals surface area contributed by atoms with Gasteiger partial charge in [0.2, 0.25) is 0 Å². The maximum absolute atomic E-state index is 12.2. The van der Waals surface area contributed by atoms with Crippen LogP contribution in [0.3, 0.4) is 0 Å². The lowest BCUT2D eigenvalue weighted by Crippen LogP contribution is -2.47. The topological polar surface area (TPSA) is 3.24 Å². The normalized spacial score (nSPS) is 26.2. The third-order valence-corrected chi connectivity index (χ3v) is 4.57. The maximum atomic E-state index is 12.2. The van der Waals surface area contributed by atoms with Gasteiger partial charge in [0.15, 0.2) is 0 Å². The van der Waals surface area contributed by atoms with Gasteiger partial charge in [-0.15, -0.1) is 0 Å². The minimum absolute atomic E-state index is 0.178. The Morgan fingerprint density at radius 1 is 1.25 bits per heavy atom. The molecule has 16 heavy (non-hydrogen) atoms. The summed E-state index contributed by atoms with van der Waals surface area (Å²) in [5.74, 6) is 1.85. The number of hydrogen-bond donors (Lipinski definition) is 0. The van der Waals surface area contributed by atoms with Crippen LogP contribution >= 0.6 is 0 Å². The van der Waals surface area contributed by atoms with E-state index in [0.29, 0.717) is 12.0 Å². The van der Waals surface area contributed by atoms with Gasteiger partial charge in [-0.3, -0.25) is 0 Å². The van der Waals surface area contributed by atoms with Crippen molar-refractivity contribution in [2.45, 2.75) is 46.0 Å². The summed E-state index contributed by atoms with van der Waals surface area (Å²) < 4.78 is 12.2. The van der Waals surface area contributed by atoms with Crippen LogP contribution in [0.15, 0.2) is 0 Å². The Labute approximate surface area is 99.4 Å². The monoisotopic (exact) mass is 227 g/mol. The summed E-state index contributed by atoms with van der Waals surface area (Å²) in [6.07, 6.45) is 6.96. The van der Waals surface area contributed by atoms with Gasteiger partial charge < -0.3 is 4.90 Å². The minimum Gasteiger partial charge on any atom is -0.301 e. The standard InChI is InChI=1S/C14H26FN/c1-12(2)9-13-10-14(11-13)3-6-16(7-4-14)8-5-15/h12-13H,3-11H2,1-2H3. The van der Waals surface area contributed by atoms with Crippen molar-refractivity contribution in [2.75, 3.05) is 26.3 Å². The van der Waals surface area contributed by atoms with E-state index in [9.17, 15) is 4.39 Å². The van der Waals surface area contributed by atoms with Crippen LogP contribution in [0.2, 0.25) is 0 Å². The Kier molecular flexibility index (Phi) is 3.89. The zero-order chi connectivity index (χ0) is 11.6. The summed E-state index contributed by atoms with van der Waals surface area (Å²) in [4.78, 5) is 2.29. The summed E-state index contributed by atoms with van der Waals surface area (Å²) in [5, 5.41) is 0. The van der Waals surface area contributed by atoms with Crippen LogP contribution in [0.5, 0.6) is 0 Å². The van der Waals surface area contributed by atoms with Crippen LogP contribution < -0.4 is 0 Å². The van der Waals surface area contributed by atoms with E-state index in [4.69, 9.17) is 0 Å². The van der Waals surface area contributed by atoms with Crippen molar-refractivity contribution in [3.63, 3.8) is 0 Å². The Morgan fingerprint density at radius 3 is 2.38 bits per heavy atom. The predicted molar refractivity (Wildman–Crippen MR) is 66.3 cm³/mol. The molecular weight excluding hydrogens is 201 g/mol. The van der Waals surface area contributed by atoms with Gasteiger partial charge in [0.1, 0.15) is 6.67 Å². The van der Waals surface area contributed by atoms with E-state index >= 15 is 0 Å². The highest BCUT2D eigenvalue weighted by molar-refractivity contribution is 4.97. The molecule has 2 fully saturated rings. The third kappa shape index (κ3) is 2.77. The summed E-state index contributed by atoms with van der Waals surface area (Å²) in [5.41, 5.74) is 0.673. The van der Waals surface area contributed by atoms with Crippen LogP contribution in [0.4, 0.5) is 4.39 Å². The highest BCUT2D eigenvalue weighted by Crippen LogP contribution is 2.54. The van der Waals surface area contributed by atoms with Gasteiger partial charge in [0, 0.05) is 6.54 Å². The predicted octanol–water partition coefficient (Wildman–Crippen LogP) is 3.49. The van der Waals surface area contributed by atoms with Crippen molar-refractivity contribution in [3.05, 3.63) is 0 Å². The highest BCUT2D eigenvalue weighted by atomic mass is 19.1. The Balaban J connectivity index is 1.70. The van der Waals surface area contributed by atoms with E-state index in [2.05, 4.69) is 18.7 Å². The summed E-state index contributed by atoms with van der Waals surface area (Å²) in [7, 11) is 0. The van der Waals surface area contributed by atoms with Crippen molar-refractivity contribution < 1.29 is 4.39 Å². The van der Waals surface area contributed by atoms with Crippen molar-refractivity contribution in [1.29, 1.82) is 0 Å². The molecule has 0 amide bonds. The SMILES string of the molecule is CC(C)CC1CC2(CCN(CCF)CC2)C1. The van der Waals surface area contributed by atoms with Crippen molar-refractivity contribution in [1.82, 2.24) is 4.90 Å². The van der Waals surface area contributed by atoms with Crippen LogP contribution in [-0.2, 0) is 0 Å². The third-order valence-electron chi connectivity index (χ3n) is 4.57. The van der Waals surface area contributed by atoms with E-state index in [0.717, 1.165) is 24.9 Å². The molecule has 2 aliphatic rings. The number of alkyl halides is 1. The quantitative estimate of drug-likeness (QED) is 0.710. The second-order valence-corrected chi connectivity index (χ2v) is 6.43. The Morgan fingerprint density at radius 2 is 1.88 bits per heavy atom. The van der Waals surface area contributed by atoms with Crippen molar-refractivity contribution >= 4 is 0 Å². The number of hydrogen-bond acceptors (Lipinski definition) is 1. The molecule has 0 atom stereocenters. The van der Waals surface area contributed by atoms with Crippen molar-refractivity contribution in [3.8, 4) is 0 Å². The van der Waals surface area contributed by atoms with E-state index in [1.807, 2.05) is 0 Å².